The van der Waals surface area contributed by atoms with Gasteiger partial charge in [-0.25, -0.2) is 14.4 Å². The van der Waals surface area contributed by atoms with Gasteiger partial charge in [0.1, 0.15) is 28.8 Å². The van der Waals surface area contributed by atoms with E-state index in [1.165, 1.54) is 36.3 Å². The molecule has 41 heavy (non-hydrogen) atoms. The van der Waals surface area contributed by atoms with Crippen molar-refractivity contribution in [1.29, 1.82) is 0 Å². The number of aliphatic hydroxyl groups is 1. The Labute approximate surface area is 247 Å². The predicted molar refractivity (Wildman–Crippen MR) is 157 cm³/mol. The summed E-state index contributed by atoms with van der Waals surface area (Å²) in [5.41, 5.74) is 1.01. The van der Waals surface area contributed by atoms with E-state index in [9.17, 15) is 14.3 Å². The van der Waals surface area contributed by atoms with Crippen LogP contribution in [0.15, 0.2) is 41.7 Å². The zero-order chi connectivity index (χ0) is 28.6. The van der Waals surface area contributed by atoms with Gasteiger partial charge >= 0.3 is 0 Å². The second-order valence-corrected chi connectivity index (χ2v) is 12.9. The number of aromatic nitrogens is 4. The summed E-state index contributed by atoms with van der Waals surface area (Å²) in [6, 6.07) is 7.55. The van der Waals surface area contributed by atoms with Gasteiger partial charge in [-0.1, -0.05) is 11.6 Å². The number of aliphatic hydroxyl groups excluding tert-OH is 1. The Morgan fingerprint density at radius 3 is 2.61 bits per heavy atom. The van der Waals surface area contributed by atoms with Gasteiger partial charge in [-0.05, 0) is 56.0 Å². The number of piperazine rings is 1. The van der Waals surface area contributed by atoms with Gasteiger partial charge < -0.3 is 25.5 Å². The van der Waals surface area contributed by atoms with Crippen LogP contribution in [0.25, 0.3) is 11.3 Å². The Kier molecular flexibility index (Phi) is 7.86. The van der Waals surface area contributed by atoms with Gasteiger partial charge in [-0.3, -0.25) is 4.79 Å². The molecule has 1 aromatic carbocycles. The molecule has 3 N–H and O–H groups in total. The fourth-order valence-corrected chi connectivity index (χ4v) is 7.13. The maximum absolute atomic E-state index is 14.5. The summed E-state index contributed by atoms with van der Waals surface area (Å²) in [5, 5.41) is 24.8. The summed E-state index contributed by atoms with van der Waals surface area (Å²) in [6.07, 6.45) is 4.14. The molecule has 10 nitrogen and oxygen atoms in total. The number of nitrogens with zero attached hydrogens (tertiary/aromatic N) is 6. The van der Waals surface area contributed by atoms with Crippen molar-refractivity contribution in [3.05, 3.63) is 47.5 Å². The van der Waals surface area contributed by atoms with Crippen molar-refractivity contribution < 1.29 is 14.3 Å². The maximum atomic E-state index is 14.5. The number of benzene rings is 1. The Balaban J connectivity index is 1.13. The van der Waals surface area contributed by atoms with Gasteiger partial charge in [0.2, 0.25) is 5.91 Å². The molecule has 1 amide bonds. The molecule has 1 saturated heterocycles. The molecule has 0 spiro atoms. The van der Waals surface area contributed by atoms with Gasteiger partial charge in [-0.2, -0.15) is 0 Å². The minimum Gasteiger partial charge on any atom is -0.396 e. The lowest BCUT2D eigenvalue weighted by molar-refractivity contribution is -0.210. The van der Waals surface area contributed by atoms with Crippen LogP contribution in [0, 0.1) is 16.6 Å². The van der Waals surface area contributed by atoms with Crippen LogP contribution in [0.2, 0.25) is 5.02 Å². The lowest BCUT2D eigenvalue weighted by atomic mass is 9.34. The minimum atomic E-state index is -0.476. The third-order valence-corrected chi connectivity index (χ3v) is 9.44. The van der Waals surface area contributed by atoms with Crippen molar-refractivity contribution in [2.45, 2.75) is 24.3 Å². The topological polar surface area (TPSA) is 119 Å². The first-order valence-electron chi connectivity index (χ1n) is 13.6. The lowest BCUT2D eigenvalue weighted by Crippen LogP contribution is -2.70. The minimum absolute atomic E-state index is 0.00545. The highest BCUT2D eigenvalue weighted by Crippen LogP contribution is 2.73. The molecular formula is C28H32ClFN8O2S. The van der Waals surface area contributed by atoms with E-state index in [0.29, 0.717) is 33.1 Å². The van der Waals surface area contributed by atoms with Gasteiger partial charge in [0.05, 0.1) is 23.4 Å². The third kappa shape index (κ3) is 5.89. The number of likely N-dealkylation sites (N-methyl/N-ethyl adjacent to an activating group) is 1. The predicted octanol–water partition coefficient (Wildman–Crippen LogP) is 3.91. The molecule has 0 unspecified atom stereocenters. The normalized spacial score (nSPS) is 23.9. The summed E-state index contributed by atoms with van der Waals surface area (Å²) >= 11 is 7.38. The zero-order valence-corrected chi connectivity index (χ0v) is 24.3. The molecule has 2 bridgehead atoms. The van der Waals surface area contributed by atoms with Crippen LogP contribution in [0.1, 0.15) is 19.3 Å². The van der Waals surface area contributed by atoms with E-state index in [2.05, 4.69) is 47.6 Å². The van der Waals surface area contributed by atoms with Crippen molar-refractivity contribution in [3.63, 3.8) is 0 Å². The average molecular weight is 599 g/mol. The zero-order valence-electron chi connectivity index (χ0n) is 22.7. The van der Waals surface area contributed by atoms with Crippen molar-refractivity contribution in [3.8, 4) is 11.3 Å². The Morgan fingerprint density at radius 1 is 1.10 bits per heavy atom. The van der Waals surface area contributed by atoms with Crippen LogP contribution >= 0.6 is 23.4 Å². The highest BCUT2D eigenvalue weighted by Gasteiger charge is 2.71. The number of amides is 1. The largest absolute Gasteiger partial charge is 0.396 e. The molecule has 4 aliphatic rings. The SMILES string of the molecule is CN1CCN(CC23CC(C(=O)Nc4cc(Nc5cc(-c6cc(Cl)ccc6F)nnc5SCCO)ncn4)(C2)C3)CC1. The van der Waals surface area contributed by atoms with Crippen LogP contribution in [-0.4, -0.2) is 93.1 Å². The quantitative estimate of drug-likeness (QED) is 0.296. The maximum Gasteiger partial charge on any atom is 0.231 e. The Morgan fingerprint density at radius 2 is 1.85 bits per heavy atom. The van der Waals surface area contributed by atoms with E-state index < -0.39 is 5.82 Å². The fourth-order valence-electron chi connectivity index (χ4n) is 6.31. The first-order valence-corrected chi connectivity index (χ1v) is 15.0. The molecule has 2 aromatic heterocycles. The van der Waals surface area contributed by atoms with Gasteiger partial charge in [0, 0.05) is 55.1 Å². The van der Waals surface area contributed by atoms with Crippen molar-refractivity contribution in [1.82, 2.24) is 30.0 Å². The Hall–Kier alpha value is -2.90. The second-order valence-electron chi connectivity index (χ2n) is 11.4. The second kappa shape index (κ2) is 11.4. The standard InChI is InChI=1S/C28H32ClFN8O2S/c1-37-4-6-38(7-5-37)16-27-13-28(14-27,15-27)26(40)34-24-12-23(31-17-32-24)33-22-11-21(35-36-25(22)41-9-8-39)19-10-18(29)2-3-20(19)30/h2-3,10-12,17,39H,4-9,13-16H2,1H3,(H2,31,32,33,34,35,40). The summed E-state index contributed by atoms with van der Waals surface area (Å²) in [7, 11) is 2.16. The van der Waals surface area contributed by atoms with E-state index in [-0.39, 0.29) is 34.6 Å². The van der Waals surface area contributed by atoms with E-state index in [1.807, 2.05) is 0 Å². The number of hydrogen-bond acceptors (Lipinski definition) is 10. The molecule has 3 heterocycles. The van der Waals surface area contributed by atoms with Gasteiger partial charge in [0.15, 0.2) is 0 Å². The summed E-state index contributed by atoms with van der Waals surface area (Å²) in [4.78, 5) is 26.7. The monoisotopic (exact) mass is 598 g/mol. The average Bonchev–Trinajstić information content (AvgIpc) is 2.91. The first kappa shape index (κ1) is 28.2. The van der Waals surface area contributed by atoms with Crippen LogP contribution < -0.4 is 10.6 Å². The highest BCUT2D eigenvalue weighted by molar-refractivity contribution is 7.99. The van der Waals surface area contributed by atoms with Crippen LogP contribution in [0.3, 0.4) is 0 Å². The number of nitrogens with one attached hydrogen (secondary N) is 2. The summed E-state index contributed by atoms with van der Waals surface area (Å²) < 4.78 is 14.5. The number of anilines is 3. The Bertz CT molecular complexity index is 1430. The molecule has 3 saturated carbocycles. The molecule has 0 atom stereocenters. The van der Waals surface area contributed by atoms with Gasteiger partial charge in [0.25, 0.3) is 0 Å². The molecule has 0 radical (unpaired) electrons. The third-order valence-electron chi connectivity index (χ3n) is 8.24. The van der Waals surface area contributed by atoms with E-state index in [4.69, 9.17) is 11.6 Å². The van der Waals surface area contributed by atoms with E-state index in [1.54, 1.807) is 12.1 Å². The first-order chi connectivity index (χ1) is 19.8. The van der Waals surface area contributed by atoms with Gasteiger partial charge in [-0.15, -0.1) is 22.0 Å². The van der Waals surface area contributed by atoms with Crippen molar-refractivity contribution >= 4 is 46.6 Å². The highest BCUT2D eigenvalue weighted by atomic mass is 35.5. The van der Waals surface area contributed by atoms with E-state index in [0.717, 1.165) is 52.0 Å². The number of carbonyl (C=O) groups excluding carboxylic acids is 1. The van der Waals surface area contributed by atoms with Crippen molar-refractivity contribution in [2.24, 2.45) is 10.8 Å². The molecule has 216 valence electrons. The van der Waals surface area contributed by atoms with Crippen LogP contribution in [0.5, 0.6) is 0 Å². The van der Waals surface area contributed by atoms with Crippen LogP contribution in [0.4, 0.5) is 21.7 Å². The molecular weight excluding hydrogens is 567 g/mol. The van der Waals surface area contributed by atoms with Crippen molar-refractivity contribution in [2.75, 3.05) is 62.8 Å². The van der Waals surface area contributed by atoms with Crippen LogP contribution in [-0.2, 0) is 4.79 Å². The molecule has 3 aliphatic carbocycles. The molecule has 3 aromatic rings. The lowest BCUT2D eigenvalue weighted by Gasteiger charge is -2.70. The molecule has 1 aliphatic heterocycles. The number of carbonyl (C=O) groups is 1. The molecule has 7 rings (SSSR count). The van der Waals surface area contributed by atoms with E-state index >= 15 is 0 Å². The summed E-state index contributed by atoms with van der Waals surface area (Å²) in [6.45, 7) is 5.42. The number of rotatable bonds is 10. The smallest absolute Gasteiger partial charge is 0.231 e. The number of hydrogen-bond donors (Lipinski definition) is 3. The molecule has 13 heteroatoms. The summed E-state index contributed by atoms with van der Waals surface area (Å²) in [5.74, 6) is 0.758. The number of thioether (sulfide) groups is 1. The number of halogens is 2. The fraction of sp³-hybridized carbons (Fsp3) is 0.464. The molecule has 4 fully saturated rings.